The van der Waals surface area contributed by atoms with E-state index < -0.39 is 0 Å². The number of nitrogens with zero attached hydrogens (tertiary/aromatic N) is 2. The van der Waals surface area contributed by atoms with Crippen LogP contribution in [-0.4, -0.2) is 23.9 Å². The highest BCUT2D eigenvalue weighted by atomic mass is 16.5. The van der Waals surface area contributed by atoms with Crippen LogP contribution in [0.2, 0.25) is 0 Å². The molecule has 1 aliphatic carbocycles. The number of hydrogen-bond donors (Lipinski definition) is 1. The number of methoxy groups -OCH3 is 1. The second-order valence-corrected chi connectivity index (χ2v) is 5.37. The summed E-state index contributed by atoms with van der Waals surface area (Å²) in [5.41, 5.74) is 1.54. The lowest BCUT2D eigenvalue weighted by molar-refractivity contribution is 0.184. The predicted molar refractivity (Wildman–Crippen MR) is 72.8 cm³/mol. The van der Waals surface area contributed by atoms with Crippen molar-refractivity contribution in [3.63, 3.8) is 0 Å². The molecule has 1 heterocycles. The number of hydrogen-bond acceptors (Lipinski definition) is 3. The monoisotopic (exact) mass is 251 g/mol. The Balaban J connectivity index is 2.40. The average Bonchev–Trinajstić information content (AvgIpc) is 3.00. The maximum atomic E-state index is 5.47. The van der Waals surface area contributed by atoms with Crippen LogP contribution in [0, 0.1) is 5.41 Å². The van der Waals surface area contributed by atoms with Gasteiger partial charge in [0.2, 0.25) is 0 Å². The summed E-state index contributed by atoms with van der Waals surface area (Å²) in [7, 11) is 5.77. The first kappa shape index (κ1) is 13.4. The summed E-state index contributed by atoms with van der Waals surface area (Å²) >= 11 is 0. The van der Waals surface area contributed by atoms with Crippen molar-refractivity contribution >= 4 is 0 Å². The van der Waals surface area contributed by atoms with Crippen molar-refractivity contribution in [2.75, 3.05) is 14.2 Å². The van der Waals surface area contributed by atoms with Crippen LogP contribution in [0.15, 0.2) is 6.20 Å². The fourth-order valence-electron chi connectivity index (χ4n) is 3.57. The van der Waals surface area contributed by atoms with Crippen LogP contribution in [0.1, 0.15) is 50.8 Å². The van der Waals surface area contributed by atoms with E-state index in [2.05, 4.69) is 17.3 Å². The van der Waals surface area contributed by atoms with Crippen molar-refractivity contribution < 1.29 is 4.74 Å². The van der Waals surface area contributed by atoms with Gasteiger partial charge in [-0.05, 0) is 31.7 Å². The topological polar surface area (TPSA) is 39.1 Å². The van der Waals surface area contributed by atoms with E-state index in [9.17, 15) is 0 Å². The summed E-state index contributed by atoms with van der Waals surface area (Å²) in [6.45, 7) is 2.30. The quantitative estimate of drug-likeness (QED) is 0.874. The number of rotatable bonds is 5. The van der Waals surface area contributed by atoms with Gasteiger partial charge in [0.25, 0.3) is 0 Å². The van der Waals surface area contributed by atoms with Gasteiger partial charge in [-0.15, -0.1) is 0 Å². The van der Waals surface area contributed by atoms with Gasteiger partial charge in [-0.25, -0.2) is 0 Å². The van der Waals surface area contributed by atoms with E-state index in [1.54, 1.807) is 7.11 Å². The van der Waals surface area contributed by atoms with Crippen molar-refractivity contribution in [3.8, 4) is 5.75 Å². The zero-order valence-corrected chi connectivity index (χ0v) is 12.0. The van der Waals surface area contributed by atoms with Gasteiger partial charge in [0.05, 0.1) is 25.0 Å². The molecule has 1 aromatic heterocycles. The molecule has 0 saturated heterocycles. The van der Waals surface area contributed by atoms with Gasteiger partial charge in [-0.1, -0.05) is 19.8 Å². The minimum atomic E-state index is 0.326. The van der Waals surface area contributed by atoms with Gasteiger partial charge < -0.3 is 10.1 Å². The largest absolute Gasteiger partial charge is 0.493 e. The summed E-state index contributed by atoms with van der Waals surface area (Å²) in [5, 5.41) is 7.86. The third kappa shape index (κ3) is 2.03. The van der Waals surface area contributed by atoms with Crippen LogP contribution in [0.4, 0.5) is 0 Å². The van der Waals surface area contributed by atoms with Crippen molar-refractivity contribution in [2.45, 2.75) is 45.1 Å². The third-order valence-electron chi connectivity index (χ3n) is 4.65. The van der Waals surface area contributed by atoms with Gasteiger partial charge in [0.1, 0.15) is 0 Å². The average molecular weight is 251 g/mol. The van der Waals surface area contributed by atoms with Crippen molar-refractivity contribution in [2.24, 2.45) is 12.5 Å². The molecule has 1 unspecified atom stereocenters. The lowest BCUT2D eigenvalue weighted by atomic mass is 9.74. The highest BCUT2D eigenvalue weighted by Gasteiger charge is 2.42. The van der Waals surface area contributed by atoms with Crippen LogP contribution in [0.3, 0.4) is 0 Å². The van der Waals surface area contributed by atoms with Crippen LogP contribution in [0.5, 0.6) is 5.75 Å². The lowest BCUT2D eigenvalue weighted by Gasteiger charge is -2.37. The maximum Gasteiger partial charge on any atom is 0.161 e. The first-order valence-electron chi connectivity index (χ1n) is 6.91. The Morgan fingerprint density at radius 1 is 1.50 bits per heavy atom. The molecule has 0 radical (unpaired) electrons. The summed E-state index contributed by atoms with van der Waals surface area (Å²) in [6.07, 6.45) is 8.29. The van der Waals surface area contributed by atoms with Crippen LogP contribution >= 0.6 is 0 Å². The van der Waals surface area contributed by atoms with Crippen LogP contribution in [0.25, 0.3) is 0 Å². The Morgan fingerprint density at radius 2 is 2.17 bits per heavy atom. The summed E-state index contributed by atoms with van der Waals surface area (Å²) in [6, 6.07) is 0.326. The number of ether oxygens (including phenoxy) is 1. The minimum absolute atomic E-state index is 0.326. The van der Waals surface area contributed by atoms with Gasteiger partial charge in [-0.2, -0.15) is 5.10 Å². The Bertz CT molecular complexity index is 394. The molecular formula is C14H25N3O. The molecular weight excluding hydrogens is 226 g/mol. The molecule has 1 saturated carbocycles. The van der Waals surface area contributed by atoms with E-state index in [4.69, 9.17) is 4.74 Å². The summed E-state index contributed by atoms with van der Waals surface area (Å²) < 4.78 is 7.43. The number of nitrogens with one attached hydrogen (secondary N) is 1. The highest BCUT2D eigenvalue weighted by molar-refractivity contribution is 5.30. The molecule has 2 rings (SSSR count). The molecule has 0 spiro atoms. The fourth-order valence-corrected chi connectivity index (χ4v) is 3.57. The zero-order valence-electron chi connectivity index (χ0n) is 12.0. The molecule has 1 fully saturated rings. The van der Waals surface area contributed by atoms with Crippen molar-refractivity contribution in [1.82, 2.24) is 15.1 Å². The van der Waals surface area contributed by atoms with E-state index >= 15 is 0 Å². The third-order valence-corrected chi connectivity index (χ3v) is 4.65. The van der Waals surface area contributed by atoms with E-state index in [0.29, 0.717) is 11.5 Å². The predicted octanol–water partition coefficient (Wildman–Crippen LogP) is 2.66. The van der Waals surface area contributed by atoms with Gasteiger partial charge in [-0.3, -0.25) is 4.68 Å². The van der Waals surface area contributed by atoms with Crippen LogP contribution in [-0.2, 0) is 7.05 Å². The van der Waals surface area contributed by atoms with E-state index in [0.717, 1.165) is 5.75 Å². The first-order valence-corrected chi connectivity index (χ1v) is 6.91. The van der Waals surface area contributed by atoms with E-state index in [1.807, 2.05) is 25.0 Å². The molecule has 4 nitrogen and oxygen atoms in total. The van der Waals surface area contributed by atoms with Gasteiger partial charge in [0.15, 0.2) is 5.75 Å². The molecule has 4 heteroatoms. The number of aryl methyl sites for hydroxylation is 1. The van der Waals surface area contributed by atoms with Crippen molar-refractivity contribution in [3.05, 3.63) is 11.9 Å². The smallest absolute Gasteiger partial charge is 0.161 e. The SMILES string of the molecule is CCC1(C(NC)c2c(OC)cnn2C)CCCC1. The van der Waals surface area contributed by atoms with Gasteiger partial charge >= 0.3 is 0 Å². The summed E-state index contributed by atoms with van der Waals surface area (Å²) in [5.74, 6) is 0.900. The molecule has 1 atom stereocenters. The Hall–Kier alpha value is -1.03. The standard InChI is InChI=1S/C14H25N3O/c1-5-14(8-6-7-9-14)13(15-2)12-11(18-4)10-16-17(12)3/h10,13,15H,5-9H2,1-4H3. The van der Waals surface area contributed by atoms with Gasteiger partial charge in [0, 0.05) is 7.05 Å². The Morgan fingerprint density at radius 3 is 2.67 bits per heavy atom. The second-order valence-electron chi connectivity index (χ2n) is 5.37. The van der Waals surface area contributed by atoms with Crippen molar-refractivity contribution in [1.29, 1.82) is 0 Å². The molecule has 0 amide bonds. The fraction of sp³-hybridized carbons (Fsp3) is 0.786. The Kier molecular flexibility index (Phi) is 3.95. The van der Waals surface area contributed by atoms with E-state index in [1.165, 1.54) is 37.8 Å². The first-order chi connectivity index (χ1) is 8.68. The normalized spacial score (nSPS) is 20.0. The molecule has 102 valence electrons. The highest BCUT2D eigenvalue weighted by Crippen LogP contribution is 2.51. The molecule has 1 aromatic rings. The maximum absolute atomic E-state index is 5.47. The van der Waals surface area contributed by atoms with E-state index in [-0.39, 0.29) is 0 Å². The molecule has 1 aliphatic rings. The Labute approximate surface area is 110 Å². The zero-order chi connectivity index (χ0) is 13.2. The molecule has 0 aliphatic heterocycles. The minimum Gasteiger partial charge on any atom is -0.493 e. The molecule has 0 bridgehead atoms. The summed E-state index contributed by atoms with van der Waals surface area (Å²) in [4.78, 5) is 0. The number of aromatic nitrogens is 2. The van der Waals surface area contributed by atoms with Crippen LogP contribution < -0.4 is 10.1 Å². The molecule has 18 heavy (non-hydrogen) atoms. The lowest BCUT2D eigenvalue weighted by Crippen LogP contribution is -2.35. The molecule has 1 N–H and O–H groups in total. The molecule has 0 aromatic carbocycles. The second kappa shape index (κ2) is 5.31.